The lowest BCUT2D eigenvalue weighted by molar-refractivity contribution is -0.137. The Balaban J connectivity index is 2.26. The van der Waals surface area contributed by atoms with Crippen molar-refractivity contribution in [1.82, 2.24) is 0 Å². The first-order valence-electron chi connectivity index (χ1n) is 6.45. The van der Waals surface area contributed by atoms with Crippen LogP contribution in [0.4, 0.5) is 18.9 Å². The molecule has 0 fully saturated rings. The predicted octanol–water partition coefficient (Wildman–Crippen LogP) is 4.63. The molecule has 2 aromatic rings. The Bertz CT molecular complexity index is 623. The quantitative estimate of drug-likeness (QED) is 0.887. The minimum atomic E-state index is -4.43. The number of hydrogen-bond acceptors (Lipinski definition) is 2. The van der Waals surface area contributed by atoms with Crippen LogP contribution in [0.2, 0.25) is 0 Å². The number of rotatable bonds is 4. The van der Waals surface area contributed by atoms with Gasteiger partial charge in [0.1, 0.15) is 5.75 Å². The average molecular weight is 295 g/mol. The van der Waals surface area contributed by atoms with Gasteiger partial charge in [-0.15, -0.1) is 0 Å². The van der Waals surface area contributed by atoms with Crippen molar-refractivity contribution in [3.63, 3.8) is 0 Å². The molecule has 0 saturated heterocycles. The van der Waals surface area contributed by atoms with E-state index in [0.717, 1.165) is 17.2 Å². The second-order valence-electron chi connectivity index (χ2n) is 4.69. The summed E-state index contributed by atoms with van der Waals surface area (Å²) in [6.07, 6.45) is -4.43. The Morgan fingerprint density at radius 2 is 1.81 bits per heavy atom. The van der Waals surface area contributed by atoms with E-state index in [1.807, 2.05) is 31.2 Å². The maximum absolute atomic E-state index is 13.1. The van der Waals surface area contributed by atoms with Crippen molar-refractivity contribution in [3.8, 4) is 5.75 Å². The van der Waals surface area contributed by atoms with Gasteiger partial charge in [-0.25, -0.2) is 0 Å². The van der Waals surface area contributed by atoms with Crippen LogP contribution in [0.3, 0.4) is 0 Å². The standard InChI is InChI=1S/C16H16F3NO/c1-11-5-3-4-6-12(11)10-20-15-8-7-13(21-2)9-14(15)16(17,18)19/h3-9,20H,10H2,1-2H3. The van der Waals surface area contributed by atoms with Gasteiger partial charge in [0.05, 0.1) is 12.7 Å². The van der Waals surface area contributed by atoms with Gasteiger partial charge in [0.2, 0.25) is 0 Å². The SMILES string of the molecule is COc1ccc(NCc2ccccc2C)c(C(F)(F)F)c1. The zero-order valence-electron chi connectivity index (χ0n) is 11.8. The highest BCUT2D eigenvalue weighted by Crippen LogP contribution is 2.37. The van der Waals surface area contributed by atoms with E-state index in [0.29, 0.717) is 6.54 Å². The molecule has 0 radical (unpaired) electrons. The van der Waals surface area contributed by atoms with Crippen molar-refractivity contribution >= 4 is 5.69 Å². The fourth-order valence-electron chi connectivity index (χ4n) is 2.04. The number of aryl methyl sites for hydroxylation is 1. The summed E-state index contributed by atoms with van der Waals surface area (Å²) in [7, 11) is 1.34. The summed E-state index contributed by atoms with van der Waals surface area (Å²) in [5, 5.41) is 2.85. The molecule has 0 aliphatic carbocycles. The first kappa shape index (κ1) is 15.2. The van der Waals surface area contributed by atoms with Crippen molar-refractivity contribution in [3.05, 3.63) is 59.2 Å². The van der Waals surface area contributed by atoms with E-state index < -0.39 is 11.7 Å². The molecule has 21 heavy (non-hydrogen) atoms. The second-order valence-corrected chi connectivity index (χ2v) is 4.69. The van der Waals surface area contributed by atoms with Gasteiger partial charge in [-0.1, -0.05) is 24.3 Å². The molecule has 0 spiro atoms. The van der Waals surface area contributed by atoms with Crippen LogP contribution in [0.1, 0.15) is 16.7 Å². The van der Waals surface area contributed by atoms with Gasteiger partial charge < -0.3 is 10.1 Å². The highest BCUT2D eigenvalue weighted by atomic mass is 19.4. The highest BCUT2D eigenvalue weighted by molar-refractivity contribution is 5.56. The summed E-state index contributed by atoms with van der Waals surface area (Å²) in [4.78, 5) is 0. The van der Waals surface area contributed by atoms with Gasteiger partial charge in [-0.05, 0) is 36.2 Å². The minimum Gasteiger partial charge on any atom is -0.497 e. The van der Waals surface area contributed by atoms with Gasteiger partial charge in [0.15, 0.2) is 0 Å². The van der Waals surface area contributed by atoms with E-state index in [1.54, 1.807) is 0 Å². The molecule has 2 rings (SSSR count). The highest BCUT2D eigenvalue weighted by Gasteiger charge is 2.34. The maximum Gasteiger partial charge on any atom is 0.418 e. The third-order valence-corrected chi connectivity index (χ3v) is 3.26. The van der Waals surface area contributed by atoms with Crippen molar-refractivity contribution in [1.29, 1.82) is 0 Å². The Morgan fingerprint density at radius 1 is 1.10 bits per heavy atom. The fraction of sp³-hybridized carbons (Fsp3) is 0.250. The second kappa shape index (κ2) is 6.08. The van der Waals surface area contributed by atoms with Crippen LogP contribution in [0.15, 0.2) is 42.5 Å². The summed E-state index contributed by atoms with van der Waals surface area (Å²) in [6.45, 7) is 2.26. The first-order chi connectivity index (χ1) is 9.91. The normalized spacial score (nSPS) is 11.3. The lowest BCUT2D eigenvalue weighted by Gasteiger charge is -2.16. The Kier molecular flexibility index (Phi) is 4.40. The van der Waals surface area contributed by atoms with Gasteiger partial charge in [-0.2, -0.15) is 13.2 Å². The monoisotopic (exact) mass is 295 g/mol. The third kappa shape index (κ3) is 3.68. The van der Waals surface area contributed by atoms with Gasteiger partial charge in [-0.3, -0.25) is 0 Å². The molecule has 0 aromatic heterocycles. The minimum absolute atomic E-state index is 0.0477. The van der Waals surface area contributed by atoms with E-state index in [-0.39, 0.29) is 11.4 Å². The fourth-order valence-corrected chi connectivity index (χ4v) is 2.04. The Hall–Kier alpha value is -2.17. The molecular formula is C16H16F3NO. The molecule has 0 aliphatic rings. The molecule has 0 atom stereocenters. The first-order valence-corrected chi connectivity index (χ1v) is 6.45. The number of nitrogens with one attached hydrogen (secondary N) is 1. The molecule has 0 amide bonds. The molecule has 0 unspecified atom stereocenters. The zero-order valence-corrected chi connectivity index (χ0v) is 11.8. The number of ether oxygens (including phenoxy) is 1. The molecule has 2 nitrogen and oxygen atoms in total. The summed E-state index contributed by atoms with van der Waals surface area (Å²) in [5.74, 6) is 0.184. The molecule has 0 saturated carbocycles. The van der Waals surface area contributed by atoms with Crippen LogP contribution >= 0.6 is 0 Å². The summed E-state index contributed by atoms with van der Waals surface area (Å²) in [6, 6.07) is 11.5. The summed E-state index contributed by atoms with van der Waals surface area (Å²) in [5.41, 5.74) is 1.32. The van der Waals surface area contributed by atoms with E-state index in [2.05, 4.69) is 5.32 Å². The Labute approximate surface area is 121 Å². The number of benzene rings is 2. The number of methoxy groups -OCH3 is 1. The van der Waals surface area contributed by atoms with Crippen LogP contribution in [0.5, 0.6) is 5.75 Å². The van der Waals surface area contributed by atoms with Gasteiger partial charge >= 0.3 is 6.18 Å². The number of alkyl halides is 3. The van der Waals surface area contributed by atoms with Crippen LogP contribution in [0, 0.1) is 6.92 Å². The third-order valence-electron chi connectivity index (χ3n) is 3.26. The number of halogens is 3. The van der Waals surface area contributed by atoms with Crippen LogP contribution in [-0.4, -0.2) is 7.11 Å². The lowest BCUT2D eigenvalue weighted by atomic mass is 10.1. The van der Waals surface area contributed by atoms with Crippen molar-refractivity contribution in [2.45, 2.75) is 19.6 Å². The smallest absolute Gasteiger partial charge is 0.418 e. The van der Waals surface area contributed by atoms with Crippen molar-refractivity contribution in [2.75, 3.05) is 12.4 Å². The zero-order chi connectivity index (χ0) is 15.5. The van der Waals surface area contributed by atoms with Gasteiger partial charge in [0.25, 0.3) is 0 Å². The molecule has 1 N–H and O–H groups in total. The van der Waals surface area contributed by atoms with E-state index in [1.165, 1.54) is 19.2 Å². The predicted molar refractivity (Wildman–Crippen MR) is 76.5 cm³/mol. The summed E-state index contributed by atoms with van der Waals surface area (Å²) < 4.78 is 44.1. The molecular weight excluding hydrogens is 279 g/mol. The Morgan fingerprint density at radius 3 is 2.43 bits per heavy atom. The number of hydrogen-bond donors (Lipinski definition) is 1. The largest absolute Gasteiger partial charge is 0.497 e. The lowest BCUT2D eigenvalue weighted by Crippen LogP contribution is -2.11. The molecule has 0 heterocycles. The molecule has 2 aromatic carbocycles. The van der Waals surface area contributed by atoms with Crippen LogP contribution < -0.4 is 10.1 Å². The van der Waals surface area contributed by atoms with Crippen LogP contribution in [0.25, 0.3) is 0 Å². The van der Waals surface area contributed by atoms with Crippen molar-refractivity contribution in [2.24, 2.45) is 0 Å². The molecule has 112 valence electrons. The average Bonchev–Trinajstić information content (AvgIpc) is 2.45. The van der Waals surface area contributed by atoms with E-state index in [4.69, 9.17) is 4.74 Å². The van der Waals surface area contributed by atoms with E-state index >= 15 is 0 Å². The van der Waals surface area contributed by atoms with Crippen LogP contribution in [-0.2, 0) is 12.7 Å². The topological polar surface area (TPSA) is 21.3 Å². The van der Waals surface area contributed by atoms with Crippen molar-refractivity contribution < 1.29 is 17.9 Å². The maximum atomic E-state index is 13.1. The molecule has 0 aliphatic heterocycles. The molecule has 0 bridgehead atoms. The molecule has 5 heteroatoms. The van der Waals surface area contributed by atoms with Gasteiger partial charge in [0, 0.05) is 12.2 Å². The number of anilines is 1. The summed E-state index contributed by atoms with van der Waals surface area (Å²) >= 11 is 0. The van der Waals surface area contributed by atoms with E-state index in [9.17, 15) is 13.2 Å².